The van der Waals surface area contributed by atoms with E-state index in [1.54, 1.807) is 0 Å². The van der Waals surface area contributed by atoms with E-state index in [-0.39, 0.29) is 6.04 Å². The summed E-state index contributed by atoms with van der Waals surface area (Å²) in [5.74, 6) is 0.453. The van der Waals surface area contributed by atoms with Crippen molar-refractivity contribution in [3.05, 3.63) is 63.4 Å². The fourth-order valence-electron chi connectivity index (χ4n) is 4.43. The summed E-state index contributed by atoms with van der Waals surface area (Å²) in [6.07, 6.45) is 3.94. The Morgan fingerprint density at radius 3 is 2.69 bits per heavy atom. The second kappa shape index (κ2) is 7.46. The zero-order chi connectivity index (χ0) is 20.0. The fourth-order valence-corrected chi connectivity index (χ4v) is 4.84. The van der Waals surface area contributed by atoms with Crippen molar-refractivity contribution in [3.8, 4) is 0 Å². The number of aromatic nitrogens is 1. The molecule has 1 fully saturated rings. The predicted molar refractivity (Wildman–Crippen MR) is 121 cm³/mol. The van der Waals surface area contributed by atoms with Crippen molar-refractivity contribution in [1.29, 1.82) is 0 Å². The number of rotatable bonds is 2. The number of likely N-dealkylation sites (N-methyl/N-ethyl adjacent to an activating group) is 1. The molecule has 29 heavy (non-hydrogen) atoms. The number of guanidine groups is 1. The van der Waals surface area contributed by atoms with Gasteiger partial charge < -0.3 is 20.9 Å². The van der Waals surface area contributed by atoms with Gasteiger partial charge in [-0.1, -0.05) is 22.0 Å². The van der Waals surface area contributed by atoms with Crippen molar-refractivity contribution in [2.75, 3.05) is 38.1 Å². The van der Waals surface area contributed by atoms with Gasteiger partial charge in [0.25, 0.3) is 0 Å². The van der Waals surface area contributed by atoms with Crippen molar-refractivity contribution in [2.24, 2.45) is 10.7 Å². The molecule has 7 heteroatoms. The van der Waals surface area contributed by atoms with Crippen LogP contribution in [-0.4, -0.2) is 49.1 Å². The second-order valence-corrected chi connectivity index (χ2v) is 8.89. The molecule has 1 aliphatic carbocycles. The molecular formula is C22H25BrN6. The molecule has 150 valence electrons. The third-order valence-electron chi connectivity index (χ3n) is 6.09. The number of aliphatic imine (C=N–C) groups is 1. The summed E-state index contributed by atoms with van der Waals surface area (Å²) in [6, 6.07) is 10.6. The first-order valence-electron chi connectivity index (χ1n) is 10.1. The Balaban J connectivity index is 1.46. The van der Waals surface area contributed by atoms with Gasteiger partial charge in [-0.3, -0.25) is 4.98 Å². The van der Waals surface area contributed by atoms with Crippen molar-refractivity contribution in [3.63, 3.8) is 0 Å². The molecule has 0 radical (unpaired) electrons. The second-order valence-electron chi connectivity index (χ2n) is 7.98. The van der Waals surface area contributed by atoms with Crippen LogP contribution in [0.1, 0.15) is 29.3 Å². The molecule has 0 amide bonds. The lowest BCUT2D eigenvalue weighted by molar-refractivity contribution is 0.313. The van der Waals surface area contributed by atoms with Gasteiger partial charge in [-0.2, -0.15) is 0 Å². The van der Waals surface area contributed by atoms with E-state index >= 15 is 0 Å². The van der Waals surface area contributed by atoms with Gasteiger partial charge in [0, 0.05) is 36.2 Å². The van der Waals surface area contributed by atoms with Crippen LogP contribution in [0, 0.1) is 0 Å². The Bertz CT molecular complexity index is 989. The molecule has 2 aliphatic heterocycles. The first-order valence-corrected chi connectivity index (χ1v) is 10.9. The first kappa shape index (κ1) is 18.6. The van der Waals surface area contributed by atoms with Crippen molar-refractivity contribution in [2.45, 2.75) is 18.9 Å². The Morgan fingerprint density at radius 1 is 1.10 bits per heavy atom. The zero-order valence-electron chi connectivity index (χ0n) is 16.5. The average molecular weight is 453 g/mol. The van der Waals surface area contributed by atoms with Crippen LogP contribution in [0.4, 0.5) is 5.69 Å². The maximum absolute atomic E-state index is 6.17. The lowest BCUT2D eigenvalue weighted by Gasteiger charge is -2.34. The topological polar surface area (TPSA) is 69.8 Å². The average Bonchev–Trinajstić information content (AvgIpc) is 2.73. The fraction of sp³-hybridized carbons (Fsp3) is 0.364. The maximum Gasteiger partial charge on any atom is 0.194 e. The minimum Gasteiger partial charge on any atom is -0.370 e. The van der Waals surface area contributed by atoms with E-state index in [0.29, 0.717) is 5.96 Å². The monoisotopic (exact) mass is 452 g/mol. The summed E-state index contributed by atoms with van der Waals surface area (Å²) in [4.78, 5) is 14.3. The zero-order valence-corrected chi connectivity index (χ0v) is 18.1. The van der Waals surface area contributed by atoms with Gasteiger partial charge in [0.05, 0.1) is 23.3 Å². The van der Waals surface area contributed by atoms with Crippen molar-refractivity contribution < 1.29 is 0 Å². The highest BCUT2D eigenvalue weighted by atomic mass is 79.9. The van der Waals surface area contributed by atoms with Gasteiger partial charge in [0.2, 0.25) is 0 Å². The number of hydrogen-bond acceptors (Lipinski definition) is 6. The number of fused-ring (bicyclic) bond motifs is 2. The van der Waals surface area contributed by atoms with E-state index in [0.717, 1.165) is 54.9 Å². The molecule has 1 saturated heterocycles. The van der Waals surface area contributed by atoms with Gasteiger partial charge >= 0.3 is 0 Å². The molecule has 0 spiro atoms. The lowest BCUT2D eigenvalue weighted by atomic mass is 9.84. The largest absolute Gasteiger partial charge is 0.370 e. The van der Waals surface area contributed by atoms with Crippen molar-refractivity contribution in [1.82, 2.24) is 15.2 Å². The third kappa shape index (κ3) is 3.53. The summed E-state index contributed by atoms with van der Waals surface area (Å²) in [7, 11) is 2.17. The number of anilines is 1. The summed E-state index contributed by atoms with van der Waals surface area (Å²) in [5.41, 5.74) is 13.2. The van der Waals surface area contributed by atoms with Crippen LogP contribution in [0.5, 0.6) is 0 Å². The number of halogens is 1. The molecule has 3 aliphatic rings. The Labute approximate surface area is 179 Å². The summed E-state index contributed by atoms with van der Waals surface area (Å²) in [6.45, 7) is 4.25. The van der Waals surface area contributed by atoms with Crippen molar-refractivity contribution >= 4 is 33.3 Å². The molecule has 1 atom stereocenters. The number of pyridine rings is 1. The van der Waals surface area contributed by atoms with Crippen LogP contribution >= 0.6 is 15.9 Å². The molecule has 6 nitrogen and oxygen atoms in total. The number of piperazine rings is 1. The molecule has 3 heterocycles. The molecule has 0 saturated carbocycles. The van der Waals surface area contributed by atoms with Gasteiger partial charge in [0.15, 0.2) is 5.96 Å². The number of aryl methyl sites for hydroxylation is 1. The van der Waals surface area contributed by atoms with Crippen LogP contribution in [0.25, 0.3) is 5.70 Å². The van der Waals surface area contributed by atoms with Gasteiger partial charge in [-0.15, -0.1) is 0 Å². The molecule has 1 aromatic heterocycles. The van der Waals surface area contributed by atoms with Crippen LogP contribution in [0.15, 0.2) is 51.6 Å². The lowest BCUT2D eigenvalue weighted by Crippen LogP contribution is -2.44. The van der Waals surface area contributed by atoms with Gasteiger partial charge in [-0.25, -0.2) is 4.99 Å². The molecule has 2 aromatic rings. The van der Waals surface area contributed by atoms with E-state index in [4.69, 9.17) is 15.7 Å². The molecule has 1 unspecified atom stereocenters. The van der Waals surface area contributed by atoms with Crippen LogP contribution in [0.3, 0.4) is 0 Å². The minimum atomic E-state index is -0.121. The van der Waals surface area contributed by atoms with E-state index in [2.05, 4.69) is 68.4 Å². The highest BCUT2D eigenvalue weighted by Gasteiger charge is 2.30. The Kier molecular flexibility index (Phi) is 4.80. The number of hydrogen-bond donors (Lipinski definition) is 2. The number of benzene rings is 1. The predicted octanol–water partition coefficient (Wildman–Crippen LogP) is 2.91. The van der Waals surface area contributed by atoms with E-state index in [1.807, 2.05) is 6.20 Å². The normalized spacial score (nSPS) is 21.9. The summed E-state index contributed by atoms with van der Waals surface area (Å²) >= 11 is 3.58. The molecular weight excluding hydrogens is 428 g/mol. The maximum atomic E-state index is 6.17. The van der Waals surface area contributed by atoms with Crippen LogP contribution < -0.4 is 16.0 Å². The SMILES string of the molecule is CN1CCN(c2ccc(C3N=C(N)NC4=C3CCc3cc(Br)ccc34)nc2)CC1. The van der Waals surface area contributed by atoms with E-state index < -0.39 is 0 Å². The number of nitrogens with one attached hydrogen (secondary N) is 1. The number of nitrogens with two attached hydrogens (primary N) is 1. The van der Waals surface area contributed by atoms with E-state index in [9.17, 15) is 0 Å². The molecule has 3 N–H and O–H groups in total. The highest BCUT2D eigenvalue weighted by molar-refractivity contribution is 9.10. The molecule has 5 rings (SSSR count). The highest BCUT2D eigenvalue weighted by Crippen LogP contribution is 2.40. The van der Waals surface area contributed by atoms with Crippen LogP contribution in [0.2, 0.25) is 0 Å². The summed E-state index contributed by atoms with van der Waals surface area (Å²) in [5, 5.41) is 3.31. The minimum absolute atomic E-state index is 0.121. The van der Waals surface area contributed by atoms with Crippen LogP contribution in [-0.2, 0) is 6.42 Å². The Morgan fingerprint density at radius 2 is 1.93 bits per heavy atom. The summed E-state index contributed by atoms with van der Waals surface area (Å²) < 4.78 is 1.11. The quantitative estimate of drug-likeness (QED) is 0.732. The smallest absolute Gasteiger partial charge is 0.194 e. The molecule has 1 aromatic carbocycles. The first-order chi connectivity index (χ1) is 14.1. The third-order valence-corrected chi connectivity index (χ3v) is 6.59. The standard InChI is InChI=1S/C22H25BrN6/c1-28-8-10-29(11-9-28)16-4-7-19(25-13-16)21-18-5-2-14-12-15(23)3-6-17(14)20(18)26-22(24)27-21/h3-4,6-7,12-13,21H,2,5,8-11H2,1H3,(H3,24,26,27). The van der Waals surface area contributed by atoms with E-state index in [1.165, 1.54) is 22.4 Å². The number of nitrogens with zero attached hydrogens (tertiary/aromatic N) is 4. The molecule has 0 bridgehead atoms. The van der Waals surface area contributed by atoms with Gasteiger partial charge in [-0.05, 0) is 55.3 Å². The Hall–Kier alpha value is -2.38. The van der Waals surface area contributed by atoms with Gasteiger partial charge in [0.1, 0.15) is 6.04 Å².